The Labute approximate surface area is 318 Å². The van der Waals surface area contributed by atoms with Gasteiger partial charge in [-0.25, -0.2) is 0 Å². The van der Waals surface area contributed by atoms with Gasteiger partial charge in [0.25, 0.3) is 0 Å². The molecule has 0 radical (unpaired) electrons. The Balaban J connectivity index is 1.30. The summed E-state index contributed by atoms with van der Waals surface area (Å²) in [5.74, 6) is 0. The van der Waals surface area contributed by atoms with E-state index < -0.39 is 0 Å². The van der Waals surface area contributed by atoms with Crippen molar-refractivity contribution in [1.29, 1.82) is 0 Å². The van der Waals surface area contributed by atoms with E-state index in [9.17, 15) is 0 Å². The molecule has 8 aromatic rings. The Kier molecular flexibility index (Phi) is 7.04. The fourth-order valence-corrected chi connectivity index (χ4v) is 9.71. The molecule has 2 nitrogen and oxygen atoms in total. The molecule has 2 heteroatoms. The van der Waals surface area contributed by atoms with Gasteiger partial charge in [-0.1, -0.05) is 131 Å². The summed E-state index contributed by atoms with van der Waals surface area (Å²) in [7, 11) is 0. The molecule has 0 bridgehead atoms. The van der Waals surface area contributed by atoms with Gasteiger partial charge in [-0.05, 0) is 118 Å². The van der Waals surface area contributed by atoms with Gasteiger partial charge in [0.2, 0.25) is 0 Å². The van der Waals surface area contributed by atoms with Crippen LogP contribution >= 0.6 is 0 Å². The van der Waals surface area contributed by atoms with E-state index in [1.807, 2.05) is 0 Å². The van der Waals surface area contributed by atoms with Crippen LogP contribution in [0.4, 0.5) is 17.1 Å². The molecule has 0 unspecified atom stereocenters. The van der Waals surface area contributed by atoms with Gasteiger partial charge < -0.3 is 9.47 Å². The van der Waals surface area contributed by atoms with E-state index in [0.29, 0.717) is 0 Å². The molecule has 0 aliphatic carbocycles. The summed E-state index contributed by atoms with van der Waals surface area (Å²) >= 11 is 0. The molecule has 2 aliphatic heterocycles. The van der Waals surface area contributed by atoms with E-state index in [-0.39, 0.29) is 10.8 Å². The third kappa shape index (κ3) is 4.40. The lowest BCUT2D eigenvalue weighted by molar-refractivity contribution is 0.593. The van der Waals surface area contributed by atoms with Crippen molar-refractivity contribution in [2.45, 2.75) is 52.4 Å². The lowest BCUT2D eigenvalue weighted by atomic mass is 9.68. The molecular weight excluding hydrogens is 653 g/mol. The normalized spacial score (nSPS) is 15.2. The molecule has 0 fully saturated rings. The minimum atomic E-state index is -0.201. The van der Waals surface area contributed by atoms with Crippen molar-refractivity contribution >= 4 is 55.2 Å². The number of benzene rings is 7. The summed E-state index contributed by atoms with van der Waals surface area (Å²) in [6.07, 6.45) is 6.64. The second kappa shape index (κ2) is 11.7. The number of hydrogen-bond donors (Lipinski definition) is 0. The van der Waals surface area contributed by atoms with E-state index in [4.69, 9.17) is 0 Å². The quantitative estimate of drug-likeness (QED) is 0.157. The molecule has 10 rings (SSSR count). The predicted octanol–water partition coefficient (Wildman–Crippen LogP) is 14.3. The van der Waals surface area contributed by atoms with Crippen LogP contribution in [0.3, 0.4) is 0 Å². The van der Waals surface area contributed by atoms with Crippen molar-refractivity contribution in [1.82, 2.24) is 4.57 Å². The summed E-state index contributed by atoms with van der Waals surface area (Å²) in [6.45, 7) is 14.0. The van der Waals surface area contributed by atoms with Crippen LogP contribution in [-0.4, -0.2) is 4.57 Å². The molecule has 0 saturated heterocycles. The summed E-state index contributed by atoms with van der Waals surface area (Å²) in [4.78, 5) is 2.38. The van der Waals surface area contributed by atoms with Crippen LogP contribution in [0.25, 0.3) is 55.0 Å². The summed E-state index contributed by atoms with van der Waals surface area (Å²) < 4.78 is 2.63. The number of hydrogen-bond acceptors (Lipinski definition) is 1. The van der Waals surface area contributed by atoms with Gasteiger partial charge in [-0.3, -0.25) is 0 Å². The summed E-state index contributed by atoms with van der Waals surface area (Å²) in [6, 6.07) is 52.0. The fraction of sp³-hybridized carbons (Fsp3) is 0.154. The first-order valence-corrected chi connectivity index (χ1v) is 19.3. The molecule has 3 heterocycles. The van der Waals surface area contributed by atoms with Crippen molar-refractivity contribution in [3.63, 3.8) is 0 Å². The molecule has 0 spiro atoms. The highest BCUT2D eigenvalue weighted by atomic mass is 15.1. The lowest BCUT2D eigenvalue weighted by Gasteiger charge is -2.42. The van der Waals surface area contributed by atoms with Crippen molar-refractivity contribution < 1.29 is 0 Å². The molecular formula is C52H44N2. The zero-order chi connectivity index (χ0) is 36.9. The van der Waals surface area contributed by atoms with Gasteiger partial charge in [-0.2, -0.15) is 0 Å². The SMILES string of the molecule is CC=CC(=CC)c1cc2c3c(c1)c1cc(-c4ccc(N(c5ccccc5)c5ccccc5)c5ccccc45)cc4c1n3-c1c(cccc1C4(C)C)C2(C)C. The third-order valence-corrected chi connectivity index (χ3v) is 12.4. The zero-order valence-corrected chi connectivity index (χ0v) is 31.9. The number of nitrogens with zero attached hydrogens (tertiary/aromatic N) is 2. The van der Waals surface area contributed by atoms with Crippen molar-refractivity contribution in [2.75, 3.05) is 4.90 Å². The van der Waals surface area contributed by atoms with Crippen molar-refractivity contribution in [2.24, 2.45) is 0 Å². The van der Waals surface area contributed by atoms with Crippen LogP contribution in [0.1, 0.15) is 69.4 Å². The third-order valence-electron chi connectivity index (χ3n) is 12.4. The van der Waals surface area contributed by atoms with Crippen molar-refractivity contribution in [3.8, 4) is 16.8 Å². The smallest absolute Gasteiger partial charge is 0.0582 e. The van der Waals surface area contributed by atoms with Crippen LogP contribution in [0.15, 0.2) is 158 Å². The minimum Gasteiger partial charge on any atom is -0.310 e. The van der Waals surface area contributed by atoms with Gasteiger partial charge in [0.1, 0.15) is 0 Å². The average Bonchev–Trinajstić information content (AvgIpc) is 3.53. The Morgan fingerprint density at radius 3 is 1.72 bits per heavy atom. The minimum absolute atomic E-state index is 0.162. The maximum atomic E-state index is 2.63. The van der Waals surface area contributed by atoms with Crippen LogP contribution < -0.4 is 4.90 Å². The van der Waals surface area contributed by atoms with E-state index >= 15 is 0 Å². The maximum absolute atomic E-state index is 2.63. The topological polar surface area (TPSA) is 8.17 Å². The first kappa shape index (κ1) is 32.5. The molecule has 7 aromatic carbocycles. The lowest BCUT2D eigenvalue weighted by Crippen LogP contribution is -2.33. The fourth-order valence-electron chi connectivity index (χ4n) is 9.71. The highest BCUT2D eigenvalue weighted by Gasteiger charge is 2.43. The molecule has 0 N–H and O–H groups in total. The average molecular weight is 697 g/mol. The van der Waals surface area contributed by atoms with E-state index in [1.54, 1.807) is 0 Å². The van der Waals surface area contributed by atoms with Crippen LogP contribution in [0.2, 0.25) is 0 Å². The molecule has 0 atom stereocenters. The van der Waals surface area contributed by atoms with Crippen LogP contribution in [-0.2, 0) is 10.8 Å². The number of anilines is 3. The second-order valence-corrected chi connectivity index (χ2v) is 16.1. The monoisotopic (exact) mass is 696 g/mol. The Morgan fingerprint density at radius 1 is 0.537 bits per heavy atom. The highest BCUT2D eigenvalue weighted by molar-refractivity contribution is 6.17. The second-order valence-electron chi connectivity index (χ2n) is 16.1. The Hall–Kier alpha value is -6.12. The van der Waals surface area contributed by atoms with Crippen LogP contribution in [0.5, 0.6) is 0 Å². The Morgan fingerprint density at radius 2 is 1.11 bits per heavy atom. The Bertz CT molecular complexity index is 2840. The number of allylic oxidation sites excluding steroid dienone is 4. The largest absolute Gasteiger partial charge is 0.310 e. The van der Waals surface area contributed by atoms with Gasteiger partial charge >= 0.3 is 0 Å². The van der Waals surface area contributed by atoms with E-state index in [0.717, 1.165) is 17.1 Å². The standard InChI is InChI=1S/C52H44N2/c1-7-18-33(8-2)34-29-41-42-30-35(32-46-49(42)54-48(41)45(31-34)51(3,4)43-25-17-26-44(50(43)54)52(46,5)6)38-27-28-47(40-24-16-15-23-39(38)40)53(36-19-11-9-12-20-36)37-21-13-10-14-22-37/h7-32H,1-6H3. The molecule has 0 saturated carbocycles. The van der Waals surface area contributed by atoms with Crippen LogP contribution in [0, 0.1) is 0 Å². The number of para-hydroxylation sites is 3. The van der Waals surface area contributed by atoms with E-state index in [1.165, 1.54) is 82.8 Å². The summed E-state index contributed by atoms with van der Waals surface area (Å²) in [5.41, 5.74) is 17.8. The number of rotatable bonds is 6. The highest BCUT2D eigenvalue weighted by Crippen LogP contribution is 2.56. The summed E-state index contributed by atoms with van der Waals surface area (Å²) in [5, 5.41) is 5.12. The van der Waals surface area contributed by atoms with Crippen molar-refractivity contribution in [3.05, 3.63) is 186 Å². The number of aromatic nitrogens is 1. The van der Waals surface area contributed by atoms with Gasteiger partial charge in [0.15, 0.2) is 0 Å². The molecule has 54 heavy (non-hydrogen) atoms. The van der Waals surface area contributed by atoms with Gasteiger partial charge in [0, 0.05) is 38.4 Å². The number of fused-ring (bicyclic) bond motifs is 2. The maximum Gasteiger partial charge on any atom is 0.0582 e. The zero-order valence-electron chi connectivity index (χ0n) is 31.9. The predicted molar refractivity (Wildman–Crippen MR) is 231 cm³/mol. The first-order chi connectivity index (χ1) is 26.2. The molecule has 262 valence electrons. The van der Waals surface area contributed by atoms with Gasteiger partial charge in [0.05, 0.1) is 22.4 Å². The molecule has 0 amide bonds. The van der Waals surface area contributed by atoms with Gasteiger partial charge in [-0.15, -0.1) is 0 Å². The molecule has 2 aliphatic rings. The first-order valence-electron chi connectivity index (χ1n) is 19.3. The molecule has 1 aromatic heterocycles. The van der Waals surface area contributed by atoms with E-state index in [2.05, 4.69) is 209 Å².